The first-order chi connectivity index (χ1) is 9.65. The van der Waals surface area contributed by atoms with Gasteiger partial charge in [0.2, 0.25) is 0 Å². The van der Waals surface area contributed by atoms with Gasteiger partial charge in [-0.05, 0) is 30.7 Å². The quantitative estimate of drug-likeness (QED) is 0.799. The van der Waals surface area contributed by atoms with Crippen molar-refractivity contribution < 1.29 is 31.1 Å². The van der Waals surface area contributed by atoms with Crippen LogP contribution in [0.1, 0.15) is 24.9 Å². The van der Waals surface area contributed by atoms with Gasteiger partial charge in [-0.2, -0.15) is 22.0 Å². The Hall–Kier alpha value is -1.44. The normalized spacial score (nSPS) is 14.1. The molecule has 0 saturated heterocycles. The van der Waals surface area contributed by atoms with Crippen molar-refractivity contribution in [2.75, 3.05) is 13.7 Å². The monoisotopic (exact) mass is 315 g/mol. The minimum absolute atomic E-state index is 0.0655. The summed E-state index contributed by atoms with van der Waals surface area (Å²) in [7, 11) is 1.16. The summed E-state index contributed by atoms with van der Waals surface area (Å²) >= 11 is 0. The average molecular weight is 315 g/mol. The second-order valence-corrected chi connectivity index (χ2v) is 4.40. The minimum atomic E-state index is -5.74. The zero-order valence-electron chi connectivity index (χ0n) is 11.4. The van der Waals surface area contributed by atoms with Gasteiger partial charge in [0.25, 0.3) is 0 Å². The number of ether oxygens (including phenoxy) is 1. The molecule has 0 fully saturated rings. The van der Waals surface area contributed by atoms with Crippen molar-refractivity contribution >= 4 is 0 Å². The zero-order valence-corrected chi connectivity index (χ0v) is 11.4. The Bertz CT molecular complexity index is 474. The molecule has 120 valence electrons. The molecular weight excluding hydrogens is 300 g/mol. The summed E-state index contributed by atoms with van der Waals surface area (Å²) in [5.74, 6) is -6.26. The molecule has 0 aliphatic heterocycles. The number of benzene rings is 1. The third kappa shape index (κ3) is 3.81. The third-order valence-electron chi connectivity index (χ3n) is 2.85. The fourth-order valence-electron chi connectivity index (χ4n) is 1.77. The predicted molar refractivity (Wildman–Crippen MR) is 65.0 cm³/mol. The fourth-order valence-corrected chi connectivity index (χ4v) is 1.77. The molecule has 1 atom stereocenters. The van der Waals surface area contributed by atoms with Gasteiger partial charge in [-0.15, -0.1) is 0 Å². The lowest BCUT2D eigenvalue weighted by molar-refractivity contribution is -0.294. The van der Waals surface area contributed by atoms with E-state index in [0.717, 1.165) is 19.2 Å². The standard InChI is InChI=1S/C13H15F6NO/c1-3-6-20-11(12(15,16)13(17,18)19)8-4-5-10(21-2)9(14)7-8/h4-5,7,11,20H,3,6H2,1-2H3. The Morgan fingerprint density at radius 3 is 2.24 bits per heavy atom. The molecule has 1 N–H and O–H groups in total. The van der Waals surface area contributed by atoms with E-state index in [4.69, 9.17) is 0 Å². The van der Waals surface area contributed by atoms with Crippen LogP contribution in [-0.4, -0.2) is 25.8 Å². The van der Waals surface area contributed by atoms with Crippen molar-refractivity contribution in [1.82, 2.24) is 5.32 Å². The van der Waals surface area contributed by atoms with E-state index in [1.807, 2.05) is 0 Å². The van der Waals surface area contributed by atoms with Gasteiger partial charge >= 0.3 is 12.1 Å². The van der Waals surface area contributed by atoms with E-state index < -0.39 is 29.5 Å². The lowest BCUT2D eigenvalue weighted by atomic mass is 9.99. The predicted octanol–water partition coefficient (Wildman–Crippen LogP) is 4.07. The van der Waals surface area contributed by atoms with E-state index in [9.17, 15) is 26.3 Å². The molecule has 0 amide bonds. The molecule has 1 aromatic carbocycles. The van der Waals surface area contributed by atoms with Crippen LogP contribution in [0.4, 0.5) is 26.3 Å². The highest BCUT2D eigenvalue weighted by Crippen LogP contribution is 2.44. The van der Waals surface area contributed by atoms with Crippen LogP contribution in [0.15, 0.2) is 18.2 Å². The molecular formula is C13H15F6NO. The second kappa shape index (κ2) is 6.55. The third-order valence-corrected chi connectivity index (χ3v) is 2.85. The number of hydrogen-bond donors (Lipinski definition) is 1. The minimum Gasteiger partial charge on any atom is -0.494 e. The Kier molecular flexibility index (Phi) is 5.49. The summed E-state index contributed by atoms with van der Waals surface area (Å²) < 4.78 is 82.9. The smallest absolute Gasteiger partial charge is 0.455 e. The lowest BCUT2D eigenvalue weighted by Crippen LogP contribution is -2.48. The SMILES string of the molecule is CCCNC(c1ccc(OC)c(F)c1)C(F)(F)C(F)(F)F. The van der Waals surface area contributed by atoms with Crippen molar-refractivity contribution in [3.8, 4) is 5.75 Å². The maximum atomic E-state index is 13.6. The molecule has 21 heavy (non-hydrogen) atoms. The van der Waals surface area contributed by atoms with E-state index in [-0.39, 0.29) is 12.3 Å². The number of methoxy groups -OCH3 is 1. The van der Waals surface area contributed by atoms with Crippen LogP contribution in [0, 0.1) is 5.82 Å². The Labute approximate surface area is 118 Å². The Balaban J connectivity index is 3.22. The van der Waals surface area contributed by atoms with Crippen molar-refractivity contribution in [3.63, 3.8) is 0 Å². The average Bonchev–Trinajstić information content (AvgIpc) is 2.37. The molecule has 2 nitrogen and oxygen atoms in total. The van der Waals surface area contributed by atoms with Crippen LogP contribution in [-0.2, 0) is 0 Å². The summed E-state index contributed by atoms with van der Waals surface area (Å²) in [4.78, 5) is 0. The molecule has 1 aromatic rings. The summed E-state index contributed by atoms with van der Waals surface area (Å²) in [6, 6.07) is 0.246. The van der Waals surface area contributed by atoms with Gasteiger partial charge in [0.05, 0.1) is 7.11 Å². The fraction of sp³-hybridized carbons (Fsp3) is 0.538. The summed E-state index contributed by atoms with van der Waals surface area (Å²) in [6.07, 6.45) is -5.39. The molecule has 0 aliphatic rings. The van der Waals surface area contributed by atoms with Crippen LogP contribution >= 0.6 is 0 Å². The number of halogens is 6. The largest absolute Gasteiger partial charge is 0.494 e. The van der Waals surface area contributed by atoms with Crippen LogP contribution in [0.3, 0.4) is 0 Å². The lowest BCUT2D eigenvalue weighted by Gasteiger charge is -2.30. The summed E-state index contributed by atoms with van der Waals surface area (Å²) in [5.41, 5.74) is -0.496. The first-order valence-electron chi connectivity index (χ1n) is 6.16. The highest BCUT2D eigenvalue weighted by Gasteiger charge is 2.62. The zero-order chi connectivity index (χ0) is 16.3. The Morgan fingerprint density at radius 2 is 1.81 bits per heavy atom. The van der Waals surface area contributed by atoms with Crippen LogP contribution in [0.5, 0.6) is 5.75 Å². The molecule has 8 heteroatoms. The van der Waals surface area contributed by atoms with Gasteiger partial charge in [-0.1, -0.05) is 13.0 Å². The van der Waals surface area contributed by atoms with Gasteiger partial charge in [-0.3, -0.25) is 0 Å². The maximum absolute atomic E-state index is 13.6. The maximum Gasteiger partial charge on any atom is 0.455 e. The van der Waals surface area contributed by atoms with E-state index in [2.05, 4.69) is 10.1 Å². The molecule has 0 heterocycles. The van der Waals surface area contributed by atoms with Crippen molar-refractivity contribution in [1.29, 1.82) is 0 Å². The number of rotatable bonds is 6. The van der Waals surface area contributed by atoms with Crippen molar-refractivity contribution in [3.05, 3.63) is 29.6 Å². The molecule has 1 rings (SSSR count). The van der Waals surface area contributed by atoms with Gasteiger partial charge in [0.15, 0.2) is 11.6 Å². The molecule has 0 spiro atoms. The first-order valence-corrected chi connectivity index (χ1v) is 6.16. The van der Waals surface area contributed by atoms with Crippen LogP contribution < -0.4 is 10.1 Å². The number of nitrogens with one attached hydrogen (secondary N) is 1. The van der Waals surface area contributed by atoms with Crippen LogP contribution in [0.2, 0.25) is 0 Å². The molecule has 0 aliphatic carbocycles. The molecule has 0 saturated carbocycles. The first kappa shape index (κ1) is 17.6. The van der Waals surface area contributed by atoms with Gasteiger partial charge < -0.3 is 10.1 Å². The molecule has 0 aromatic heterocycles. The van der Waals surface area contributed by atoms with E-state index in [1.54, 1.807) is 6.92 Å². The number of hydrogen-bond acceptors (Lipinski definition) is 2. The summed E-state index contributed by atoms with van der Waals surface area (Å²) in [6.45, 7) is 1.55. The van der Waals surface area contributed by atoms with Crippen molar-refractivity contribution in [2.24, 2.45) is 0 Å². The topological polar surface area (TPSA) is 21.3 Å². The van der Waals surface area contributed by atoms with Gasteiger partial charge in [0, 0.05) is 0 Å². The van der Waals surface area contributed by atoms with Crippen LogP contribution in [0.25, 0.3) is 0 Å². The Morgan fingerprint density at radius 1 is 1.19 bits per heavy atom. The summed E-state index contributed by atoms with van der Waals surface area (Å²) in [5, 5.41) is 2.12. The second-order valence-electron chi connectivity index (χ2n) is 4.40. The van der Waals surface area contributed by atoms with Gasteiger partial charge in [0.1, 0.15) is 6.04 Å². The molecule has 0 radical (unpaired) electrons. The van der Waals surface area contributed by atoms with E-state index >= 15 is 0 Å². The van der Waals surface area contributed by atoms with E-state index in [0.29, 0.717) is 12.5 Å². The highest BCUT2D eigenvalue weighted by molar-refractivity contribution is 5.32. The van der Waals surface area contributed by atoms with Crippen molar-refractivity contribution in [2.45, 2.75) is 31.5 Å². The van der Waals surface area contributed by atoms with E-state index in [1.165, 1.54) is 0 Å². The highest BCUT2D eigenvalue weighted by atomic mass is 19.4. The molecule has 0 bridgehead atoms. The molecule has 1 unspecified atom stereocenters. The van der Waals surface area contributed by atoms with Gasteiger partial charge in [-0.25, -0.2) is 4.39 Å². The number of alkyl halides is 5.